The summed E-state index contributed by atoms with van der Waals surface area (Å²) in [6, 6.07) is 11.1. The Labute approximate surface area is 174 Å². The van der Waals surface area contributed by atoms with Crippen molar-refractivity contribution in [1.29, 1.82) is 0 Å². The summed E-state index contributed by atoms with van der Waals surface area (Å²) in [6.45, 7) is 7.71. The summed E-state index contributed by atoms with van der Waals surface area (Å²) < 4.78 is 11.9. The number of nitrogens with one attached hydrogen (secondary N) is 1. The molecule has 0 bridgehead atoms. The van der Waals surface area contributed by atoms with Crippen LogP contribution in [0.4, 0.5) is 5.69 Å². The van der Waals surface area contributed by atoms with Gasteiger partial charge in [-0.2, -0.15) is 0 Å². The molecule has 0 aliphatic carbocycles. The van der Waals surface area contributed by atoms with Gasteiger partial charge >= 0.3 is 11.7 Å². The molecule has 0 aliphatic rings. The van der Waals surface area contributed by atoms with Gasteiger partial charge in [-0.25, -0.2) is 4.79 Å². The highest BCUT2D eigenvalue weighted by Crippen LogP contribution is 2.22. The molecule has 7 nitrogen and oxygen atoms in total. The second kappa shape index (κ2) is 8.98. The van der Waals surface area contributed by atoms with Crippen LogP contribution in [0.2, 0.25) is 0 Å². The lowest BCUT2D eigenvalue weighted by Crippen LogP contribution is -2.30. The number of rotatable bonds is 7. The fourth-order valence-corrected chi connectivity index (χ4v) is 3.52. The predicted octanol–water partition coefficient (Wildman–Crippen LogP) is 3.87. The highest BCUT2D eigenvalue weighted by molar-refractivity contribution is 5.96. The van der Waals surface area contributed by atoms with Crippen LogP contribution in [0.3, 0.4) is 0 Å². The monoisotopic (exact) mass is 410 g/mol. The van der Waals surface area contributed by atoms with Gasteiger partial charge in [0.2, 0.25) is 0 Å². The molecule has 0 fully saturated rings. The summed E-state index contributed by atoms with van der Waals surface area (Å²) in [4.78, 5) is 36.6. The van der Waals surface area contributed by atoms with Crippen LogP contribution in [0.25, 0.3) is 11.1 Å². The van der Waals surface area contributed by atoms with Gasteiger partial charge in [0.05, 0.1) is 5.52 Å². The first kappa shape index (κ1) is 21.4. The molecule has 30 heavy (non-hydrogen) atoms. The third kappa shape index (κ3) is 4.79. The Balaban J connectivity index is 1.52. The molecule has 2 aromatic carbocycles. The maximum Gasteiger partial charge on any atom is 0.419 e. The number of oxazole rings is 1. The number of amides is 1. The van der Waals surface area contributed by atoms with Crippen LogP contribution in [0.15, 0.2) is 45.6 Å². The van der Waals surface area contributed by atoms with E-state index in [-0.39, 0.29) is 12.3 Å². The van der Waals surface area contributed by atoms with Gasteiger partial charge in [-0.3, -0.25) is 14.2 Å². The summed E-state index contributed by atoms with van der Waals surface area (Å²) in [7, 11) is 0. The third-order valence-electron chi connectivity index (χ3n) is 4.94. The number of fused-ring (bicyclic) bond motifs is 1. The van der Waals surface area contributed by atoms with E-state index in [1.165, 1.54) is 4.57 Å². The first-order valence-corrected chi connectivity index (χ1v) is 9.93. The topological polar surface area (TPSA) is 90.5 Å². The summed E-state index contributed by atoms with van der Waals surface area (Å²) in [6.07, 6.45) is -0.436. The smallest absolute Gasteiger partial charge is 0.419 e. The Kier molecular flexibility index (Phi) is 6.40. The van der Waals surface area contributed by atoms with Crippen LogP contribution in [0.5, 0.6) is 0 Å². The summed E-state index contributed by atoms with van der Waals surface area (Å²) in [5.74, 6) is -1.33. The van der Waals surface area contributed by atoms with Crippen molar-refractivity contribution < 1.29 is 18.7 Å². The van der Waals surface area contributed by atoms with Crippen LogP contribution in [-0.4, -0.2) is 22.5 Å². The number of para-hydroxylation sites is 2. The fourth-order valence-electron chi connectivity index (χ4n) is 3.52. The first-order valence-electron chi connectivity index (χ1n) is 9.93. The van der Waals surface area contributed by atoms with E-state index in [4.69, 9.17) is 9.15 Å². The van der Waals surface area contributed by atoms with Gasteiger partial charge in [-0.1, -0.05) is 29.8 Å². The highest BCUT2D eigenvalue weighted by Gasteiger charge is 2.19. The Morgan fingerprint density at radius 3 is 2.50 bits per heavy atom. The van der Waals surface area contributed by atoms with Gasteiger partial charge in [-0.15, -0.1) is 0 Å². The number of carbonyl (C=O) groups is 2. The molecule has 0 aliphatic heterocycles. The maximum absolute atomic E-state index is 12.4. The van der Waals surface area contributed by atoms with E-state index in [1.807, 2.05) is 39.0 Å². The average Bonchev–Trinajstić information content (AvgIpc) is 2.99. The molecule has 7 heteroatoms. The zero-order chi connectivity index (χ0) is 21.8. The molecule has 0 saturated carbocycles. The number of nitrogens with zero attached hydrogens (tertiary/aromatic N) is 1. The van der Waals surface area contributed by atoms with E-state index in [0.29, 0.717) is 24.1 Å². The zero-order valence-electron chi connectivity index (χ0n) is 17.7. The van der Waals surface area contributed by atoms with E-state index in [9.17, 15) is 14.4 Å². The molecule has 1 heterocycles. The molecule has 1 atom stereocenters. The van der Waals surface area contributed by atoms with Crippen molar-refractivity contribution in [1.82, 2.24) is 4.57 Å². The molecule has 158 valence electrons. The van der Waals surface area contributed by atoms with Crippen LogP contribution in [0.1, 0.15) is 36.5 Å². The lowest BCUT2D eigenvalue weighted by Gasteiger charge is -2.17. The van der Waals surface area contributed by atoms with Crippen LogP contribution < -0.4 is 11.1 Å². The van der Waals surface area contributed by atoms with Crippen molar-refractivity contribution in [2.75, 3.05) is 5.32 Å². The molecule has 1 N–H and O–H groups in total. The first-order chi connectivity index (χ1) is 14.3. The Bertz CT molecular complexity index is 1120. The molecule has 0 unspecified atom stereocenters. The Hall–Kier alpha value is -3.35. The van der Waals surface area contributed by atoms with Crippen molar-refractivity contribution in [3.05, 3.63) is 63.6 Å². The third-order valence-corrected chi connectivity index (χ3v) is 4.94. The lowest BCUT2D eigenvalue weighted by atomic mass is 10.0. The van der Waals surface area contributed by atoms with Gasteiger partial charge in [0.25, 0.3) is 5.91 Å². The van der Waals surface area contributed by atoms with Crippen molar-refractivity contribution in [2.45, 2.75) is 53.2 Å². The number of hydrogen-bond acceptors (Lipinski definition) is 5. The minimum Gasteiger partial charge on any atom is -0.453 e. The molecule has 1 amide bonds. The van der Waals surface area contributed by atoms with Gasteiger partial charge < -0.3 is 14.5 Å². The van der Waals surface area contributed by atoms with Crippen LogP contribution in [-0.2, 0) is 20.9 Å². The van der Waals surface area contributed by atoms with E-state index < -0.39 is 17.8 Å². The van der Waals surface area contributed by atoms with Crippen molar-refractivity contribution in [3.8, 4) is 0 Å². The quantitative estimate of drug-likeness (QED) is 0.597. The Morgan fingerprint density at radius 2 is 1.80 bits per heavy atom. The molecule has 0 radical (unpaired) electrons. The minimum absolute atomic E-state index is 0.0894. The fraction of sp³-hybridized carbons (Fsp3) is 0.348. The summed E-state index contributed by atoms with van der Waals surface area (Å²) >= 11 is 0. The highest BCUT2D eigenvalue weighted by atomic mass is 16.5. The number of anilines is 1. The van der Waals surface area contributed by atoms with Crippen molar-refractivity contribution in [3.63, 3.8) is 0 Å². The number of benzene rings is 2. The maximum atomic E-state index is 12.4. The number of hydrogen-bond donors (Lipinski definition) is 1. The van der Waals surface area contributed by atoms with Gasteiger partial charge in [0.15, 0.2) is 11.7 Å². The molecular weight excluding hydrogens is 384 g/mol. The number of ether oxygens (including phenoxy) is 1. The van der Waals surface area contributed by atoms with E-state index in [1.54, 1.807) is 25.1 Å². The average molecular weight is 410 g/mol. The number of aromatic nitrogens is 1. The largest absolute Gasteiger partial charge is 0.453 e. The summed E-state index contributed by atoms with van der Waals surface area (Å²) in [5.41, 5.74) is 4.96. The molecule has 1 aromatic heterocycles. The molecule has 3 aromatic rings. The second-order valence-corrected chi connectivity index (χ2v) is 7.49. The van der Waals surface area contributed by atoms with Gasteiger partial charge in [0.1, 0.15) is 0 Å². The molecule has 0 saturated heterocycles. The van der Waals surface area contributed by atoms with Crippen molar-refractivity contribution in [2.24, 2.45) is 0 Å². The normalized spacial score (nSPS) is 12.0. The van der Waals surface area contributed by atoms with Crippen LogP contribution >= 0.6 is 0 Å². The van der Waals surface area contributed by atoms with Gasteiger partial charge in [-0.05, 0) is 57.4 Å². The number of carbonyl (C=O) groups excluding carboxylic acids is 2. The predicted molar refractivity (Wildman–Crippen MR) is 115 cm³/mol. The Morgan fingerprint density at radius 1 is 1.13 bits per heavy atom. The van der Waals surface area contributed by atoms with Gasteiger partial charge in [0, 0.05) is 18.7 Å². The standard InChI is InChI=1S/C23H26N2O5/c1-14-12-15(2)21(16(3)13-14)24-22(27)17(4)29-20(26)10-7-11-25-18-8-5-6-9-19(18)30-23(25)28/h5-6,8-9,12-13,17H,7,10-11H2,1-4H3,(H,24,27)/t17-/m1/s1. The summed E-state index contributed by atoms with van der Waals surface area (Å²) in [5, 5.41) is 2.84. The number of esters is 1. The minimum atomic E-state index is -0.921. The number of aryl methyl sites for hydroxylation is 4. The van der Waals surface area contributed by atoms with E-state index >= 15 is 0 Å². The second-order valence-electron chi connectivity index (χ2n) is 7.49. The molecule has 0 spiro atoms. The molecule has 3 rings (SSSR count). The lowest BCUT2D eigenvalue weighted by molar-refractivity contribution is -0.153. The SMILES string of the molecule is Cc1cc(C)c(NC(=O)[C@@H](C)OC(=O)CCCn2c(=O)oc3ccccc32)c(C)c1. The van der Waals surface area contributed by atoms with E-state index in [0.717, 1.165) is 22.4 Å². The zero-order valence-corrected chi connectivity index (χ0v) is 17.7. The molecular formula is C23H26N2O5. The van der Waals surface area contributed by atoms with Crippen molar-refractivity contribution >= 4 is 28.7 Å². The van der Waals surface area contributed by atoms with E-state index in [2.05, 4.69) is 5.32 Å². The van der Waals surface area contributed by atoms with Crippen LogP contribution in [0, 0.1) is 20.8 Å².